The molecule has 3 N–H and O–H groups in total. The van der Waals surface area contributed by atoms with Gasteiger partial charge >= 0.3 is 5.97 Å². The predicted octanol–water partition coefficient (Wildman–Crippen LogP) is 5.43. The summed E-state index contributed by atoms with van der Waals surface area (Å²) in [6.07, 6.45) is 7.63. The first kappa shape index (κ1) is 32.5. The maximum absolute atomic E-state index is 14.1. The van der Waals surface area contributed by atoms with Crippen LogP contribution in [0.4, 0.5) is 0 Å². The van der Waals surface area contributed by atoms with Gasteiger partial charge in [-0.05, 0) is 79.4 Å². The van der Waals surface area contributed by atoms with Crippen LogP contribution in [0.1, 0.15) is 91.5 Å². The number of amides is 2. The molecule has 8 nitrogen and oxygen atoms in total. The summed E-state index contributed by atoms with van der Waals surface area (Å²) in [5.41, 5.74) is 0.934. The zero-order valence-corrected chi connectivity index (χ0v) is 26.8. The lowest BCUT2D eigenvalue weighted by Crippen LogP contribution is -2.59. The number of thioether (sulfide) groups is 1. The van der Waals surface area contributed by atoms with Crippen molar-refractivity contribution >= 4 is 29.5 Å². The summed E-state index contributed by atoms with van der Waals surface area (Å²) in [7, 11) is 0. The van der Waals surface area contributed by atoms with Gasteiger partial charge in [-0.1, -0.05) is 53.0 Å². The SMILES string of the molecule is CC(CC1CCC(C)(C)C1(C)C)OC(=O)C1CSCCN1C(=O)C(NC(=O)Cc1ccc(O)c(O)c1)C1CCCCC1. The maximum atomic E-state index is 14.1. The van der Waals surface area contributed by atoms with E-state index in [1.165, 1.54) is 12.1 Å². The molecule has 0 bridgehead atoms. The maximum Gasteiger partial charge on any atom is 0.329 e. The topological polar surface area (TPSA) is 116 Å². The normalized spacial score (nSPS) is 25.4. The van der Waals surface area contributed by atoms with Crippen LogP contribution in [-0.4, -0.2) is 69.1 Å². The van der Waals surface area contributed by atoms with Gasteiger partial charge in [0.2, 0.25) is 11.8 Å². The molecule has 4 unspecified atom stereocenters. The molecule has 234 valence electrons. The monoisotopic (exact) mass is 602 g/mol. The number of hydrogen-bond donors (Lipinski definition) is 3. The minimum Gasteiger partial charge on any atom is -0.504 e. The second kappa shape index (κ2) is 13.5. The molecule has 2 aliphatic carbocycles. The molecule has 1 aromatic carbocycles. The van der Waals surface area contributed by atoms with Crippen LogP contribution in [-0.2, 0) is 25.5 Å². The number of rotatable bonds is 9. The van der Waals surface area contributed by atoms with Crippen LogP contribution >= 0.6 is 11.8 Å². The molecule has 1 heterocycles. The number of phenolic OH excluding ortho intramolecular Hbond substituents is 2. The Hall–Kier alpha value is -2.42. The Bertz CT molecular complexity index is 1130. The quantitative estimate of drug-likeness (QED) is 0.255. The van der Waals surface area contributed by atoms with Gasteiger partial charge in [-0.2, -0.15) is 11.8 Å². The number of phenols is 2. The molecule has 4 atom stereocenters. The Morgan fingerprint density at radius 1 is 1.07 bits per heavy atom. The highest BCUT2D eigenvalue weighted by molar-refractivity contribution is 7.99. The smallest absolute Gasteiger partial charge is 0.329 e. The summed E-state index contributed by atoms with van der Waals surface area (Å²) in [6.45, 7) is 11.7. The van der Waals surface area contributed by atoms with Crippen LogP contribution in [0.2, 0.25) is 0 Å². The number of aromatic hydroxyl groups is 2. The summed E-state index contributed by atoms with van der Waals surface area (Å²) in [6, 6.07) is 2.88. The van der Waals surface area contributed by atoms with Crippen LogP contribution in [0, 0.1) is 22.7 Å². The molecule has 0 radical (unpaired) electrons. The molecule has 0 spiro atoms. The van der Waals surface area contributed by atoms with Gasteiger partial charge in [0.1, 0.15) is 12.1 Å². The summed E-state index contributed by atoms with van der Waals surface area (Å²) in [5, 5.41) is 22.4. The van der Waals surface area contributed by atoms with Crippen molar-refractivity contribution < 1.29 is 29.3 Å². The third-order valence-corrected chi connectivity index (χ3v) is 11.6. The summed E-state index contributed by atoms with van der Waals surface area (Å²) < 4.78 is 6.02. The molecule has 1 aliphatic heterocycles. The van der Waals surface area contributed by atoms with E-state index in [4.69, 9.17) is 4.74 Å². The van der Waals surface area contributed by atoms with Crippen molar-refractivity contribution in [2.45, 2.75) is 111 Å². The van der Waals surface area contributed by atoms with Gasteiger partial charge in [-0.25, -0.2) is 4.79 Å². The lowest BCUT2D eigenvalue weighted by molar-refractivity contribution is -0.160. The van der Waals surface area contributed by atoms with Crippen LogP contribution in [0.5, 0.6) is 11.5 Å². The van der Waals surface area contributed by atoms with Crippen molar-refractivity contribution in [2.24, 2.45) is 22.7 Å². The van der Waals surface area contributed by atoms with E-state index in [-0.39, 0.29) is 58.6 Å². The highest BCUT2D eigenvalue weighted by Gasteiger charge is 2.49. The number of nitrogens with zero attached hydrogens (tertiary/aromatic N) is 1. The molecule has 1 aromatic rings. The van der Waals surface area contributed by atoms with Gasteiger partial charge in [0.05, 0.1) is 12.5 Å². The molecule has 3 fully saturated rings. The lowest BCUT2D eigenvalue weighted by atomic mass is 9.66. The first-order valence-electron chi connectivity index (χ1n) is 15.7. The van der Waals surface area contributed by atoms with Crippen molar-refractivity contribution in [3.05, 3.63) is 23.8 Å². The fourth-order valence-electron chi connectivity index (χ4n) is 7.09. The number of carbonyl (C=O) groups excluding carboxylic acids is 3. The number of benzene rings is 1. The third-order valence-electron chi connectivity index (χ3n) is 10.6. The largest absolute Gasteiger partial charge is 0.504 e. The van der Waals surface area contributed by atoms with Crippen molar-refractivity contribution in [3.8, 4) is 11.5 Å². The van der Waals surface area contributed by atoms with Crippen molar-refractivity contribution in [3.63, 3.8) is 0 Å². The Morgan fingerprint density at radius 3 is 2.43 bits per heavy atom. The molecule has 1 saturated heterocycles. The van der Waals surface area contributed by atoms with Crippen LogP contribution in [0.3, 0.4) is 0 Å². The third kappa shape index (κ3) is 7.37. The lowest BCUT2D eigenvalue weighted by Gasteiger charge is -2.41. The van der Waals surface area contributed by atoms with E-state index in [1.807, 2.05) is 6.92 Å². The zero-order chi connectivity index (χ0) is 30.7. The molecular formula is C33H50N2O6S. The Morgan fingerprint density at radius 2 is 1.79 bits per heavy atom. The second-order valence-electron chi connectivity index (χ2n) is 13.9. The van der Waals surface area contributed by atoms with Gasteiger partial charge in [-0.3, -0.25) is 9.59 Å². The Labute approximate surface area is 255 Å². The molecule has 0 aromatic heterocycles. The molecular weight excluding hydrogens is 552 g/mol. The number of esters is 1. The van der Waals surface area contributed by atoms with Gasteiger partial charge in [-0.15, -0.1) is 0 Å². The molecule has 9 heteroatoms. The van der Waals surface area contributed by atoms with Crippen molar-refractivity contribution in [1.82, 2.24) is 10.2 Å². The fraction of sp³-hybridized carbons (Fsp3) is 0.727. The van der Waals surface area contributed by atoms with Crippen LogP contribution in [0.15, 0.2) is 18.2 Å². The highest BCUT2D eigenvalue weighted by atomic mass is 32.2. The van der Waals surface area contributed by atoms with Gasteiger partial charge < -0.3 is 25.2 Å². The minimum atomic E-state index is -0.721. The Kier molecular flexibility index (Phi) is 10.4. The standard InChI is InChI=1S/C33H50N2O6S/c1-21(17-24-13-14-32(2,3)33(24,4)5)41-31(40)25-20-42-16-15-35(25)30(39)29(23-9-7-6-8-10-23)34-28(38)19-22-11-12-26(36)27(37)18-22/h11-12,18,21,23-25,29,36-37H,6-10,13-17,19-20H2,1-5H3,(H,34,38). The predicted molar refractivity (Wildman–Crippen MR) is 165 cm³/mol. The minimum absolute atomic E-state index is 0.00143. The van der Waals surface area contributed by atoms with Crippen molar-refractivity contribution in [1.29, 1.82) is 0 Å². The zero-order valence-electron chi connectivity index (χ0n) is 26.0. The number of nitrogens with one attached hydrogen (secondary N) is 1. The Balaban J connectivity index is 1.44. The van der Waals surface area contributed by atoms with Crippen LogP contribution < -0.4 is 5.32 Å². The molecule has 4 rings (SSSR count). The number of carbonyl (C=O) groups is 3. The van der Waals surface area contributed by atoms with Crippen LogP contribution in [0.25, 0.3) is 0 Å². The van der Waals surface area contributed by atoms with Gasteiger partial charge in [0.15, 0.2) is 11.5 Å². The second-order valence-corrected chi connectivity index (χ2v) is 15.0. The number of hydrogen-bond acceptors (Lipinski definition) is 7. The average molecular weight is 603 g/mol. The van der Waals surface area contributed by atoms with E-state index in [2.05, 4.69) is 33.0 Å². The van der Waals surface area contributed by atoms with E-state index in [0.717, 1.165) is 57.1 Å². The highest BCUT2D eigenvalue weighted by Crippen LogP contribution is 2.57. The summed E-state index contributed by atoms with van der Waals surface area (Å²) in [4.78, 5) is 42.5. The van der Waals surface area contributed by atoms with E-state index < -0.39 is 12.1 Å². The summed E-state index contributed by atoms with van der Waals surface area (Å²) in [5.74, 6) is 0.249. The van der Waals surface area contributed by atoms with E-state index in [1.54, 1.807) is 22.7 Å². The van der Waals surface area contributed by atoms with E-state index >= 15 is 0 Å². The molecule has 42 heavy (non-hydrogen) atoms. The average Bonchev–Trinajstić information content (AvgIpc) is 3.15. The molecule has 2 amide bonds. The van der Waals surface area contributed by atoms with Gasteiger partial charge in [0.25, 0.3) is 0 Å². The van der Waals surface area contributed by atoms with E-state index in [9.17, 15) is 24.6 Å². The van der Waals surface area contributed by atoms with Gasteiger partial charge in [0, 0.05) is 18.1 Å². The molecule has 2 saturated carbocycles. The summed E-state index contributed by atoms with van der Waals surface area (Å²) >= 11 is 1.65. The fourth-order valence-corrected chi connectivity index (χ4v) is 8.12. The first-order chi connectivity index (χ1) is 19.8. The molecule has 3 aliphatic rings. The first-order valence-corrected chi connectivity index (χ1v) is 16.8. The van der Waals surface area contributed by atoms with E-state index in [0.29, 0.717) is 23.8 Å². The number of ether oxygens (including phenoxy) is 1. The van der Waals surface area contributed by atoms with Crippen molar-refractivity contribution in [2.75, 3.05) is 18.1 Å².